The second-order valence-electron chi connectivity index (χ2n) is 3.26. The molecule has 0 radical (unpaired) electrons. The van der Waals surface area contributed by atoms with Crippen LogP contribution in [0.25, 0.3) is 0 Å². The molecular formula is C10H8F3N3. The average molecular weight is 227 g/mol. The van der Waals surface area contributed by atoms with Crippen LogP contribution in [-0.2, 0) is 12.7 Å². The monoisotopic (exact) mass is 227 g/mol. The van der Waals surface area contributed by atoms with E-state index >= 15 is 0 Å². The maximum absolute atomic E-state index is 12.4. The predicted octanol–water partition coefficient (Wildman–Crippen LogP) is 2.35. The summed E-state index contributed by atoms with van der Waals surface area (Å²) in [5.74, 6) is 0. The van der Waals surface area contributed by atoms with E-state index in [0.29, 0.717) is 5.56 Å². The van der Waals surface area contributed by atoms with Gasteiger partial charge in [-0.15, -0.1) is 0 Å². The fourth-order valence-electron chi connectivity index (χ4n) is 1.33. The Bertz CT molecular complexity index is 462. The summed E-state index contributed by atoms with van der Waals surface area (Å²) in [6.07, 6.45) is -1.35. The molecule has 0 aliphatic heterocycles. The fraction of sp³-hybridized carbons (Fsp3) is 0.200. The quantitative estimate of drug-likeness (QED) is 0.788. The van der Waals surface area contributed by atoms with E-state index in [0.717, 1.165) is 12.1 Å². The number of aromatic nitrogens is 3. The maximum atomic E-state index is 12.4. The third-order valence-electron chi connectivity index (χ3n) is 2.04. The lowest BCUT2D eigenvalue weighted by atomic mass is 10.1. The molecule has 0 saturated carbocycles. The van der Waals surface area contributed by atoms with Gasteiger partial charge >= 0.3 is 6.18 Å². The van der Waals surface area contributed by atoms with Crippen molar-refractivity contribution < 1.29 is 13.2 Å². The molecule has 1 aromatic heterocycles. The molecular weight excluding hydrogens is 219 g/mol. The van der Waals surface area contributed by atoms with Crippen molar-refractivity contribution in [2.45, 2.75) is 12.7 Å². The van der Waals surface area contributed by atoms with Crippen LogP contribution in [0.15, 0.2) is 36.7 Å². The van der Waals surface area contributed by atoms with E-state index in [2.05, 4.69) is 10.2 Å². The van der Waals surface area contributed by atoms with Crippen molar-refractivity contribution in [3.63, 3.8) is 0 Å². The zero-order valence-corrected chi connectivity index (χ0v) is 8.15. The summed E-state index contributed by atoms with van der Waals surface area (Å²) < 4.78 is 37.2. The van der Waals surface area contributed by atoms with Gasteiger partial charge < -0.3 is 0 Å². The molecule has 0 saturated heterocycles. The molecule has 1 heterocycles. The van der Waals surface area contributed by atoms with Gasteiger partial charge in [-0.25, -0.2) is 0 Å². The molecule has 1 aromatic carbocycles. The van der Waals surface area contributed by atoms with Gasteiger partial charge in [0, 0.05) is 0 Å². The molecule has 3 nitrogen and oxygen atoms in total. The van der Waals surface area contributed by atoms with Crippen LogP contribution in [0.2, 0.25) is 0 Å². The largest absolute Gasteiger partial charge is 0.416 e. The standard InChI is InChI=1S/C10H8F3N3/c11-10(12,13)9-3-1-2-8(6-9)7-16-14-4-5-15-16/h1-6H,7H2. The van der Waals surface area contributed by atoms with Gasteiger partial charge in [-0.2, -0.15) is 28.2 Å². The lowest BCUT2D eigenvalue weighted by Gasteiger charge is -2.08. The number of nitrogens with zero attached hydrogens (tertiary/aromatic N) is 3. The van der Waals surface area contributed by atoms with Gasteiger partial charge in [0.25, 0.3) is 0 Å². The van der Waals surface area contributed by atoms with E-state index in [1.54, 1.807) is 6.07 Å². The second-order valence-corrected chi connectivity index (χ2v) is 3.26. The van der Waals surface area contributed by atoms with Gasteiger partial charge in [-0.1, -0.05) is 12.1 Å². The molecule has 0 amide bonds. The first-order valence-corrected chi connectivity index (χ1v) is 4.56. The third kappa shape index (κ3) is 2.39. The van der Waals surface area contributed by atoms with E-state index in [4.69, 9.17) is 0 Å². The first-order chi connectivity index (χ1) is 7.55. The molecule has 0 bridgehead atoms. The minimum atomic E-state index is -4.31. The number of hydrogen-bond donors (Lipinski definition) is 0. The lowest BCUT2D eigenvalue weighted by Crippen LogP contribution is -2.08. The molecule has 0 aliphatic carbocycles. The van der Waals surface area contributed by atoms with Crippen molar-refractivity contribution in [3.05, 3.63) is 47.8 Å². The topological polar surface area (TPSA) is 30.7 Å². The summed E-state index contributed by atoms with van der Waals surface area (Å²) in [4.78, 5) is 1.33. The van der Waals surface area contributed by atoms with Crippen LogP contribution >= 0.6 is 0 Å². The van der Waals surface area contributed by atoms with Crippen LogP contribution in [-0.4, -0.2) is 15.0 Å². The molecule has 16 heavy (non-hydrogen) atoms. The minimum absolute atomic E-state index is 0.233. The van der Waals surface area contributed by atoms with E-state index < -0.39 is 11.7 Å². The fourth-order valence-corrected chi connectivity index (χ4v) is 1.33. The van der Waals surface area contributed by atoms with Crippen molar-refractivity contribution >= 4 is 0 Å². The third-order valence-corrected chi connectivity index (χ3v) is 2.04. The molecule has 6 heteroatoms. The number of hydrogen-bond acceptors (Lipinski definition) is 2. The number of benzene rings is 1. The van der Waals surface area contributed by atoms with Crippen molar-refractivity contribution in [2.24, 2.45) is 0 Å². The highest BCUT2D eigenvalue weighted by atomic mass is 19.4. The van der Waals surface area contributed by atoms with Crippen LogP contribution in [0, 0.1) is 0 Å². The van der Waals surface area contributed by atoms with Gasteiger partial charge in [-0.3, -0.25) is 0 Å². The average Bonchev–Trinajstić information content (AvgIpc) is 2.70. The van der Waals surface area contributed by atoms with Gasteiger partial charge in [0.05, 0.1) is 24.5 Å². The summed E-state index contributed by atoms with van der Waals surface area (Å²) in [6, 6.07) is 5.13. The molecule has 0 spiro atoms. The molecule has 84 valence electrons. The summed E-state index contributed by atoms with van der Waals surface area (Å²) in [6.45, 7) is 0.233. The normalized spacial score (nSPS) is 11.7. The Balaban J connectivity index is 2.23. The molecule has 0 aliphatic rings. The van der Waals surface area contributed by atoms with Gasteiger partial charge in [0.1, 0.15) is 0 Å². The second kappa shape index (κ2) is 3.96. The number of halogens is 3. The Labute approximate surface area is 89.5 Å². The zero-order chi connectivity index (χ0) is 11.6. The van der Waals surface area contributed by atoms with Crippen molar-refractivity contribution in [2.75, 3.05) is 0 Å². The highest BCUT2D eigenvalue weighted by Gasteiger charge is 2.30. The van der Waals surface area contributed by atoms with Crippen molar-refractivity contribution in [3.8, 4) is 0 Å². The molecule has 0 N–H and O–H groups in total. The van der Waals surface area contributed by atoms with Crippen LogP contribution < -0.4 is 0 Å². The smallest absolute Gasteiger partial charge is 0.180 e. The first-order valence-electron chi connectivity index (χ1n) is 4.56. The Kier molecular flexibility index (Phi) is 2.64. The lowest BCUT2D eigenvalue weighted by molar-refractivity contribution is -0.137. The Morgan fingerprint density at radius 2 is 1.81 bits per heavy atom. The van der Waals surface area contributed by atoms with E-state index in [-0.39, 0.29) is 6.54 Å². The Morgan fingerprint density at radius 3 is 2.44 bits per heavy atom. The number of rotatable bonds is 2. The zero-order valence-electron chi connectivity index (χ0n) is 8.15. The predicted molar refractivity (Wildman–Crippen MR) is 50.6 cm³/mol. The Morgan fingerprint density at radius 1 is 1.12 bits per heavy atom. The Hall–Kier alpha value is -1.85. The van der Waals surface area contributed by atoms with Gasteiger partial charge in [0.15, 0.2) is 0 Å². The molecule has 2 rings (SSSR count). The molecule has 0 atom stereocenters. The first kappa shape index (κ1) is 10.7. The van der Waals surface area contributed by atoms with Gasteiger partial charge in [-0.05, 0) is 17.7 Å². The number of alkyl halides is 3. The van der Waals surface area contributed by atoms with Gasteiger partial charge in [0.2, 0.25) is 0 Å². The highest BCUT2D eigenvalue weighted by molar-refractivity contribution is 5.25. The molecule has 0 fully saturated rings. The summed E-state index contributed by atoms with van der Waals surface area (Å²) in [5.41, 5.74) is -0.136. The van der Waals surface area contributed by atoms with Crippen molar-refractivity contribution in [1.82, 2.24) is 15.0 Å². The molecule has 0 unspecified atom stereocenters. The van der Waals surface area contributed by atoms with E-state index in [1.807, 2.05) is 0 Å². The minimum Gasteiger partial charge on any atom is -0.180 e. The van der Waals surface area contributed by atoms with Crippen LogP contribution in [0.1, 0.15) is 11.1 Å². The summed E-state index contributed by atoms with van der Waals surface area (Å²) in [7, 11) is 0. The van der Waals surface area contributed by atoms with E-state index in [1.165, 1.54) is 23.3 Å². The van der Waals surface area contributed by atoms with E-state index in [9.17, 15) is 13.2 Å². The summed E-state index contributed by atoms with van der Waals surface area (Å²) >= 11 is 0. The van der Waals surface area contributed by atoms with Crippen LogP contribution in [0.4, 0.5) is 13.2 Å². The molecule has 2 aromatic rings. The van der Waals surface area contributed by atoms with Crippen molar-refractivity contribution in [1.29, 1.82) is 0 Å². The SMILES string of the molecule is FC(F)(F)c1cccc(Cn2nccn2)c1. The van der Waals surface area contributed by atoms with Crippen LogP contribution in [0.5, 0.6) is 0 Å². The highest BCUT2D eigenvalue weighted by Crippen LogP contribution is 2.29. The summed E-state index contributed by atoms with van der Waals surface area (Å²) in [5, 5.41) is 7.66. The maximum Gasteiger partial charge on any atom is 0.416 e. The van der Waals surface area contributed by atoms with Crippen LogP contribution in [0.3, 0.4) is 0 Å².